The van der Waals surface area contributed by atoms with Gasteiger partial charge in [0.25, 0.3) is 6.26 Å². The number of hydrogen-bond acceptors (Lipinski definition) is 6. The summed E-state index contributed by atoms with van der Waals surface area (Å²) in [6, 6.07) is 0. The van der Waals surface area contributed by atoms with Crippen LogP contribution in [0.1, 0.15) is 0 Å². The molecule has 11 heavy (non-hydrogen) atoms. The van der Waals surface area contributed by atoms with Gasteiger partial charge in [-0.25, -0.2) is 0 Å². The van der Waals surface area contributed by atoms with Gasteiger partial charge in [0.1, 0.15) is 0 Å². The third-order valence-electron chi connectivity index (χ3n) is 0.922. The lowest BCUT2D eigenvalue weighted by molar-refractivity contribution is 0.477. The highest BCUT2D eigenvalue weighted by molar-refractivity contribution is 7.98. The molecular weight excluding hydrogens is 164 g/mol. The van der Waals surface area contributed by atoms with Crippen molar-refractivity contribution < 1.29 is 4.74 Å². The second-order valence-electron chi connectivity index (χ2n) is 1.50. The highest BCUT2D eigenvalue weighted by Crippen LogP contribution is 2.21. The van der Waals surface area contributed by atoms with Gasteiger partial charge >= 0.3 is 0 Å². The molecule has 0 radical (unpaired) electrons. The topological polar surface area (TPSA) is 71.7 Å². The Morgan fingerprint density at radius 3 is 3.18 bits per heavy atom. The van der Waals surface area contributed by atoms with E-state index in [2.05, 4.69) is 20.1 Å². The molecule has 0 atom stereocenters. The van der Waals surface area contributed by atoms with Gasteiger partial charge < -0.3 is 4.74 Å². The number of nitriles is 1. The average Bonchev–Trinajstić information content (AvgIpc) is 2.06. The van der Waals surface area contributed by atoms with Crippen LogP contribution in [0.5, 0.6) is 5.75 Å². The summed E-state index contributed by atoms with van der Waals surface area (Å²) in [6.07, 6.45) is 4.70. The van der Waals surface area contributed by atoms with Crippen LogP contribution in [0.25, 0.3) is 0 Å². The molecule has 1 heterocycles. The zero-order valence-electron chi connectivity index (χ0n) is 5.68. The maximum atomic E-state index is 8.18. The summed E-state index contributed by atoms with van der Waals surface area (Å²) >= 11 is 1.35. The zero-order valence-corrected chi connectivity index (χ0v) is 6.50. The number of ether oxygens (including phenoxy) is 1. The highest BCUT2D eigenvalue weighted by Gasteiger charge is 2.03. The van der Waals surface area contributed by atoms with Crippen LogP contribution in [-0.4, -0.2) is 21.7 Å². The van der Waals surface area contributed by atoms with E-state index in [0.717, 1.165) is 0 Å². The van der Waals surface area contributed by atoms with E-state index in [9.17, 15) is 0 Å². The number of thioether (sulfide) groups is 1. The first-order valence-electron chi connectivity index (χ1n) is 2.66. The third kappa shape index (κ3) is 1.78. The van der Waals surface area contributed by atoms with Crippen molar-refractivity contribution in [3.63, 3.8) is 0 Å². The molecule has 0 aromatic carbocycles. The van der Waals surface area contributed by atoms with Crippen LogP contribution in [0.3, 0.4) is 0 Å². The molecule has 0 fully saturated rings. The van der Waals surface area contributed by atoms with Crippen molar-refractivity contribution in [3.8, 4) is 12.0 Å². The maximum Gasteiger partial charge on any atom is 0.292 e. The molecule has 0 aliphatic heterocycles. The molecule has 0 bridgehead atoms. The lowest BCUT2D eigenvalue weighted by atomic mass is 10.6. The van der Waals surface area contributed by atoms with Gasteiger partial charge in [0.2, 0.25) is 0 Å². The van der Waals surface area contributed by atoms with E-state index in [1.54, 1.807) is 0 Å². The molecule has 0 saturated heterocycles. The van der Waals surface area contributed by atoms with E-state index in [4.69, 9.17) is 5.26 Å². The van der Waals surface area contributed by atoms with Crippen LogP contribution >= 0.6 is 11.8 Å². The van der Waals surface area contributed by atoms with Gasteiger partial charge in [-0.3, -0.25) is 0 Å². The summed E-state index contributed by atoms with van der Waals surface area (Å²) < 4.78 is 4.55. The summed E-state index contributed by atoms with van der Waals surface area (Å²) in [5, 5.41) is 19.2. The first kappa shape index (κ1) is 7.75. The fourth-order valence-electron chi connectivity index (χ4n) is 0.510. The minimum atomic E-state index is 0.343. The molecule has 0 unspecified atom stereocenters. The number of aromatic nitrogens is 3. The fraction of sp³-hybridized carbons (Fsp3) is 0.200. The van der Waals surface area contributed by atoms with Gasteiger partial charge in [0.05, 0.1) is 6.20 Å². The molecule has 0 aliphatic carbocycles. The van der Waals surface area contributed by atoms with Crippen LogP contribution in [0, 0.1) is 11.5 Å². The average molecular weight is 168 g/mol. The molecule has 1 aromatic heterocycles. The van der Waals surface area contributed by atoms with Crippen molar-refractivity contribution in [1.82, 2.24) is 15.4 Å². The predicted molar refractivity (Wildman–Crippen MR) is 37.8 cm³/mol. The molecule has 1 rings (SSSR count). The van der Waals surface area contributed by atoms with E-state index in [-0.39, 0.29) is 0 Å². The SMILES string of the molecule is CSc1nnncc1OC#N. The van der Waals surface area contributed by atoms with Crippen molar-refractivity contribution in [2.45, 2.75) is 5.03 Å². The Labute approximate surface area is 67.4 Å². The minimum Gasteiger partial charge on any atom is -0.383 e. The molecule has 0 N–H and O–H groups in total. The monoisotopic (exact) mass is 168 g/mol. The van der Waals surface area contributed by atoms with Crippen molar-refractivity contribution in [3.05, 3.63) is 6.20 Å². The lowest BCUT2D eigenvalue weighted by Crippen LogP contribution is -1.93. The summed E-state index contributed by atoms with van der Waals surface area (Å²) in [5.74, 6) is 0.343. The smallest absolute Gasteiger partial charge is 0.292 e. The second kappa shape index (κ2) is 3.73. The minimum absolute atomic E-state index is 0.343. The zero-order chi connectivity index (χ0) is 8.10. The Morgan fingerprint density at radius 2 is 2.55 bits per heavy atom. The fourth-order valence-corrected chi connectivity index (χ4v) is 0.924. The highest BCUT2D eigenvalue weighted by atomic mass is 32.2. The van der Waals surface area contributed by atoms with Gasteiger partial charge in [0, 0.05) is 0 Å². The van der Waals surface area contributed by atoms with E-state index < -0.39 is 0 Å². The second-order valence-corrected chi connectivity index (χ2v) is 2.30. The van der Waals surface area contributed by atoms with Crippen LogP contribution < -0.4 is 4.74 Å². The molecule has 0 spiro atoms. The van der Waals surface area contributed by atoms with Crippen molar-refractivity contribution in [2.75, 3.05) is 6.26 Å². The van der Waals surface area contributed by atoms with Gasteiger partial charge in [0.15, 0.2) is 10.8 Å². The summed E-state index contributed by atoms with van der Waals surface area (Å²) in [4.78, 5) is 0. The molecule has 0 aliphatic rings. The van der Waals surface area contributed by atoms with Gasteiger partial charge in [-0.2, -0.15) is 0 Å². The van der Waals surface area contributed by atoms with Gasteiger partial charge in [-0.1, -0.05) is 0 Å². The summed E-state index contributed by atoms with van der Waals surface area (Å²) in [5.41, 5.74) is 0. The van der Waals surface area contributed by atoms with E-state index in [0.29, 0.717) is 10.8 Å². The number of rotatable bonds is 2. The summed E-state index contributed by atoms with van der Waals surface area (Å²) in [6.45, 7) is 0. The molecule has 0 saturated carbocycles. The molecular formula is C5H4N4OS. The number of hydrogen-bond donors (Lipinski definition) is 0. The Bertz CT molecular complexity index is 284. The van der Waals surface area contributed by atoms with Crippen LogP contribution in [0.15, 0.2) is 11.2 Å². The number of nitrogens with zero attached hydrogens (tertiary/aromatic N) is 4. The Hall–Kier alpha value is -1.35. The first-order chi connectivity index (χ1) is 5.38. The summed E-state index contributed by atoms with van der Waals surface area (Å²) in [7, 11) is 0. The standard InChI is InChI=1S/C5H4N4OS/c1-11-5-4(10-3-6)2-7-9-8-5/h2H,1H3. The van der Waals surface area contributed by atoms with E-state index in [1.165, 1.54) is 24.2 Å². The van der Waals surface area contributed by atoms with Crippen LogP contribution in [0.4, 0.5) is 0 Å². The molecule has 56 valence electrons. The van der Waals surface area contributed by atoms with Crippen molar-refractivity contribution >= 4 is 11.8 Å². The molecule has 0 amide bonds. The van der Waals surface area contributed by atoms with Crippen LogP contribution in [-0.2, 0) is 0 Å². The lowest BCUT2D eigenvalue weighted by Gasteiger charge is -1.96. The van der Waals surface area contributed by atoms with Crippen molar-refractivity contribution in [2.24, 2.45) is 0 Å². The normalized spacial score (nSPS) is 8.73. The Balaban J connectivity index is 2.94. The first-order valence-corrected chi connectivity index (χ1v) is 3.89. The van der Waals surface area contributed by atoms with Crippen LogP contribution in [0.2, 0.25) is 0 Å². The predicted octanol–water partition coefficient (Wildman–Crippen LogP) is 0.453. The molecule has 6 heteroatoms. The van der Waals surface area contributed by atoms with E-state index >= 15 is 0 Å². The molecule has 5 nitrogen and oxygen atoms in total. The Morgan fingerprint density at radius 1 is 1.73 bits per heavy atom. The van der Waals surface area contributed by atoms with Crippen molar-refractivity contribution in [1.29, 1.82) is 5.26 Å². The third-order valence-corrected chi connectivity index (χ3v) is 1.59. The largest absolute Gasteiger partial charge is 0.383 e. The quantitative estimate of drug-likeness (QED) is 0.471. The molecule has 1 aromatic rings. The maximum absolute atomic E-state index is 8.18. The van der Waals surface area contributed by atoms with E-state index in [1.807, 2.05) is 6.26 Å². The Kier molecular flexibility index (Phi) is 2.63. The van der Waals surface area contributed by atoms with Gasteiger partial charge in [-0.15, -0.1) is 27.2 Å². The van der Waals surface area contributed by atoms with Gasteiger partial charge in [-0.05, 0) is 11.5 Å².